The van der Waals surface area contributed by atoms with Crippen molar-refractivity contribution in [1.29, 1.82) is 0 Å². The predicted molar refractivity (Wildman–Crippen MR) is 211 cm³/mol. The lowest BCUT2D eigenvalue weighted by Crippen LogP contribution is -2.11. The van der Waals surface area contributed by atoms with Crippen molar-refractivity contribution in [2.24, 2.45) is 0 Å². The topological polar surface area (TPSA) is 34.2 Å². The SMILES string of the molecule is c1ccc(-c2ccccc2N(c2ccc(-c3ccc4c(c3)oc3cnccc34)cc2)c2ccc3c4ccccc4n(-c4ccccc4)c3c2)cc1. The van der Waals surface area contributed by atoms with Crippen LogP contribution in [0.15, 0.2) is 193 Å². The van der Waals surface area contributed by atoms with Crippen molar-refractivity contribution in [3.8, 4) is 27.9 Å². The van der Waals surface area contributed by atoms with Crippen molar-refractivity contribution in [2.75, 3.05) is 4.90 Å². The van der Waals surface area contributed by atoms with Crippen molar-refractivity contribution in [3.05, 3.63) is 188 Å². The maximum atomic E-state index is 6.17. The average Bonchev–Trinajstić information content (AvgIpc) is 3.74. The largest absolute Gasteiger partial charge is 0.454 e. The molecule has 0 saturated carbocycles. The van der Waals surface area contributed by atoms with Gasteiger partial charge in [0.25, 0.3) is 0 Å². The lowest BCUT2D eigenvalue weighted by molar-refractivity contribution is 0.667. The standard InChI is InChI=1S/C47H31N3O/c1-3-11-33(12-4-1)38-15-7-9-17-43(38)49(36-22-19-32(20-23-36)34-21-25-41-42-27-28-48-31-47(42)51-46(41)29-34)37-24-26-40-39-16-8-10-18-44(39)50(45(40)30-37)35-13-5-2-6-14-35/h1-31H. The number of anilines is 3. The number of benzene rings is 7. The van der Waals surface area contributed by atoms with Crippen LogP contribution in [0.3, 0.4) is 0 Å². The van der Waals surface area contributed by atoms with Gasteiger partial charge in [-0.3, -0.25) is 4.98 Å². The maximum absolute atomic E-state index is 6.17. The Kier molecular flexibility index (Phi) is 6.78. The highest BCUT2D eigenvalue weighted by molar-refractivity contribution is 6.10. The molecule has 0 N–H and O–H groups in total. The molecule has 0 unspecified atom stereocenters. The zero-order valence-corrected chi connectivity index (χ0v) is 27.6. The molecule has 0 fully saturated rings. The number of rotatable bonds is 6. The van der Waals surface area contributed by atoms with E-state index in [4.69, 9.17) is 4.42 Å². The number of fused-ring (bicyclic) bond motifs is 6. The molecule has 0 spiro atoms. The fraction of sp³-hybridized carbons (Fsp3) is 0. The van der Waals surface area contributed by atoms with Crippen molar-refractivity contribution in [1.82, 2.24) is 9.55 Å². The molecule has 0 aliphatic rings. The summed E-state index contributed by atoms with van der Waals surface area (Å²) in [4.78, 5) is 6.62. The average molecular weight is 654 g/mol. The molecular weight excluding hydrogens is 623 g/mol. The third-order valence-corrected chi connectivity index (χ3v) is 9.89. The Morgan fingerprint density at radius 3 is 1.98 bits per heavy atom. The van der Waals surface area contributed by atoms with Gasteiger partial charge in [0, 0.05) is 50.4 Å². The van der Waals surface area contributed by atoms with E-state index in [1.54, 1.807) is 6.20 Å². The predicted octanol–water partition coefficient (Wildman–Crippen LogP) is 12.9. The van der Waals surface area contributed by atoms with Crippen LogP contribution in [0.5, 0.6) is 0 Å². The number of nitrogens with zero attached hydrogens (tertiary/aromatic N) is 3. The number of pyridine rings is 1. The van der Waals surface area contributed by atoms with E-state index in [9.17, 15) is 0 Å². The second-order valence-corrected chi connectivity index (χ2v) is 12.8. The molecular formula is C47H31N3O. The van der Waals surface area contributed by atoms with Crippen LogP contribution < -0.4 is 4.90 Å². The highest BCUT2D eigenvalue weighted by atomic mass is 16.3. The first-order valence-electron chi connectivity index (χ1n) is 17.2. The van der Waals surface area contributed by atoms with Crippen LogP contribution in [0.4, 0.5) is 17.1 Å². The Balaban J connectivity index is 1.15. The molecule has 4 nitrogen and oxygen atoms in total. The molecule has 3 aromatic heterocycles. The Bertz CT molecular complexity index is 2850. The van der Waals surface area contributed by atoms with Crippen LogP contribution in [0.25, 0.3) is 71.7 Å². The van der Waals surface area contributed by atoms with Crippen molar-refractivity contribution < 1.29 is 4.42 Å². The molecule has 0 amide bonds. The van der Waals surface area contributed by atoms with E-state index >= 15 is 0 Å². The quantitative estimate of drug-likeness (QED) is 0.179. The van der Waals surface area contributed by atoms with Gasteiger partial charge in [0.15, 0.2) is 5.58 Å². The molecule has 0 aliphatic heterocycles. The molecule has 0 bridgehead atoms. The summed E-state index contributed by atoms with van der Waals surface area (Å²) in [7, 11) is 0. The van der Waals surface area contributed by atoms with Crippen LogP contribution in [0.2, 0.25) is 0 Å². The summed E-state index contributed by atoms with van der Waals surface area (Å²) in [5.41, 5.74) is 13.0. The van der Waals surface area contributed by atoms with Crippen molar-refractivity contribution in [2.45, 2.75) is 0 Å². The normalized spacial score (nSPS) is 11.5. The minimum atomic E-state index is 0.802. The smallest absolute Gasteiger partial charge is 0.153 e. The monoisotopic (exact) mass is 653 g/mol. The number of hydrogen-bond acceptors (Lipinski definition) is 3. The van der Waals surface area contributed by atoms with Crippen LogP contribution in [-0.2, 0) is 0 Å². The van der Waals surface area contributed by atoms with Gasteiger partial charge in [0.2, 0.25) is 0 Å². The molecule has 10 aromatic rings. The molecule has 0 radical (unpaired) electrons. The summed E-state index contributed by atoms with van der Waals surface area (Å²) >= 11 is 0. The van der Waals surface area contributed by atoms with Gasteiger partial charge in [-0.2, -0.15) is 0 Å². The number of furan rings is 1. The van der Waals surface area contributed by atoms with Crippen molar-refractivity contribution in [3.63, 3.8) is 0 Å². The van der Waals surface area contributed by atoms with Gasteiger partial charge in [-0.25, -0.2) is 0 Å². The van der Waals surface area contributed by atoms with Gasteiger partial charge in [0.05, 0.1) is 22.9 Å². The van der Waals surface area contributed by atoms with Gasteiger partial charge in [-0.15, -0.1) is 0 Å². The van der Waals surface area contributed by atoms with E-state index in [2.05, 4.69) is 184 Å². The number of aromatic nitrogens is 2. The second kappa shape index (κ2) is 11.9. The molecule has 51 heavy (non-hydrogen) atoms. The third-order valence-electron chi connectivity index (χ3n) is 9.89. The zero-order valence-electron chi connectivity index (χ0n) is 27.6. The first kappa shape index (κ1) is 29.0. The second-order valence-electron chi connectivity index (χ2n) is 12.8. The summed E-state index contributed by atoms with van der Waals surface area (Å²) in [6, 6.07) is 62.8. The van der Waals surface area contributed by atoms with Crippen LogP contribution in [0.1, 0.15) is 0 Å². The number of para-hydroxylation sites is 3. The fourth-order valence-corrected chi connectivity index (χ4v) is 7.53. The minimum Gasteiger partial charge on any atom is -0.454 e. The lowest BCUT2D eigenvalue weighted by atomic mass is 10.0. The minimum absolute atomic E-state index is 0.802. The van der Waals surface area contributed by atoms with Gasteiger partial charge in [0.1, 0.15) is 5.58 Å². The van der Waals surface area contributed by atoms with E-state index in [1.165, 1.54) is 21.9 Å². The first-order chi connectivity index (χ1) is 25.3. The molecule has 0 aliphatic carbocycles. The maximum Gasteiger partial charge on any atom is 0.153 e. The highest BCUT2D eigenvalue weighted by Crippen LogP contribution is 2.43. The first-order valence-corrected chi connectivity index (χ1v) is 17.2. The lowest BCUT2D eigenvalue weighted by Gasteiger charge is -2.28. The summed E-state index contributed by atoms with van der Waals surface area (Å²) in [6.07, 6.45) is 3.59. The van der Waals surface area contributed by atoms with E-state index in [0.29, 0.717) is 0 Å². The van der Waals surface area contributed by atoms with Crippen LogP contribution in [0, 0.1) is 0 Å². The molecule has 7 aromatic carbocycles. The molecule has 3 heterocycles. The molecule has 0 saturated heterocycles. The van der Waals surface area contributed by atoms with Gasteiger partial charge in [-0.05, 0) is 83.4 Å². The summed E-state index contributed by atoms with van der Waals surface area (Å²) in [5.74, 6) is 0. The highest BCUT2D eigenvalue weighted by Gasteiger charge is 2.20. The summed E-state index contributed by atoms with van der Waals surface area (Å²) in [6.45, 7) is 0. The van der Waals surface area contributed by atoms with E-state index in [-0.39, 0.29) is 0 Å². The number of hydrogen-bond donors (Lipinski definition) is 0. The zero-order chi connectivity index (χ0) is 33.7. The molecule has 10 rings (SSSR count). The van der Waals surface area contributed by atoms with Gasteiger partial charge in [-0.1, -0.05) is 109 Å². The van der Waals surface area contributed by atoms with Gasteiger partial charge >= 0.3 is 0 Å². The Labute approximate surface area is 295 Å². The molecule has 4 heteroatoms. The molecule has 240 valence electrons. The van der Waals surface area contributed by atoms with E-state index in [1.807, 2.05) is 12.3 Å². The van der Waals surface area contributed by atoms with E-state index < -0.39 is 0 Å². The summed E-state index contributed by atoms with van der Waals surface area (Å²) in [5, 5.41) is 4.64. The molecule has 0 atom stereocenters. The van der Waals surface area contributed by atoms with Crippen molar-refractivity contribution >= 4 is 60.8 Å². The third kappa shape index (κ3) is 4.88. The van der Waals surface area contributed by atoms with Crippen LogP contribution in [-0.4, -0.2) is 9.55 Å². The van der Waals surface area contributed by atoms with Crippen LogP contribution >= 0.6 is 0 Å². The van der Waals surface area contributed by atoms with E-state index in [0.717, 1.165) is 66.9 Å². The van der Waals surface area contributed by atoms with Gasteiger partial charge < -0.3 is 13.9 Å². The Morgan fingerprint density at radius 2 is 1.12 bits per heavy atom. The Hall–Kier alpha value is -6.91. The fourth-order valence-electron chi connectivity index (χ4n) is 7.53. The Morgan fingerprint density at radius 1 is 0.451 bits per heavy atom. The summed E-state index contributed by atoms with van der Waals surface area (Å²) < 4.78 is 8.55.